The lowest BCUT2D eigenvalue weighted by atomic mass is 9.90. The normalized spacial score (nSPS) is 24.3. The van der Waals surface area contributed by atoms with Crippen molar-refractivity contribution in [2.45, 2.75) is 18.2 Å². The number of hydrogen-bond acceptors (Lipinski definition) is 3. The van der Waals surface area contributed by atoms with Crippen molar-refractivity contribution in [3.05, 3.63) is 65.7 Å². The summed E-state index contributed by atoms with van der Waals surface area (Å²) in [5.41, 5.74) is 0.685. The molecule has 1 heterocycles. The van der Waals surface area contributed by atoms with Gasteiger partial charge in [0, 0.05) is 12.0 Å². The molecule has 1 saturated heterocycles. The highest BCUT2D eigenvalue weighted by atomic mass is 32.1. The highest BCUT2D eigenvalue weighted by molar-refractivity contribution is 7.80. The molecule has 2 atom stereocenters. The van der Waals surface area contributed by atoms with Gasteiger partial charge >= 0.3 is 0 Å². The number of ether oxygens (including phenoxy) is 1. The SMILES string of the molecule is COc1ccc([C@H]2C[C@@](O)(c3ccccc3)NC(=S)N2)cc1. The van der Waals surface area contributed by atoms with Gasteiger partial charge in [-0.25, -0.2) is 0 Å². The van der Waals surface area contributed by atoms with Crippen LogP contribution in [0.4, 0.5) is 0 Å². The molecular weight excluding hydrogens is 296 g/mol. The predicted molar refractivity (Wildman–Crippen MR) is 89.6 cm³/mol. The van der Waals surface area contributed by atoms with Crippen molar-refractivity contribution >= 4 is 17.3 Å². The van der Waals surface area contributed by atoms with E-state index >= 15 is 0 Å². The zero-order valence-electron chi connectivity index (χ0n) is 12.2. The third-order valence-corrected chi connectivity index (χ3v) is 4.11. The van der Waals surface area contributed by atoms with Gasteiger partial charge in [0.25, 0.3) is 0 Å². The number of methoxy groups -OCH3 is 1. The van der Waals surface area contributed by atoms with Gasteiger partial charge in [-0.05, 0) is 29.9 Å². The van der Waals surface area contributed by atoms with E-state index in [0.717, 1.165) is 16.9 Å². The molecule has 3 N–H and O–H groups in total. The number of benzene rings is 2. The van der Waals surface area contributed by atoms with Crippen LogP contribution < -0.4 is 15.4 Å². The van der Waals surface area contributed by atoms with Gasteiger partial charge in [0.15, 0.2) is 10.8 Å². The maximum atomic E-state index is 11.0. The van der Waals surface area contributed by atoms with Gasteiger partial charge in [-0.1, -0.05) is 42.5 Å². The first-order valence-corrected chi connectivity index (χ1v) is 7.52. The maximum absolute atomic E-state index is 11.0. The van der Waals surface area contributed by atoms with E-state index in [1.807, 2.05) is 54.6 Å². The average Bonchev–Trinajstić information content (AvgIpc) is 2.55. The molecule has 0 aromatic heterocycles. The molecule has 4 nitrogen and oxygen atoms in total. The first kappa shape index (κ1) is 14.8. The molecule has 5 heteroatoms. The van der Waals surface area contributed by atoms with Crippen molar-refractivity contribution in [2.75, 3.05) is 7.11 Å². The second-order valence-corrected chi connectivity index (χ2v) is 5.76. The van der Waals surface area contributed by atoms with E-state index in [1.165, 1.54) is 0 Å². The quantitative estimate of drug-likeness (QED) is 0.760. The van der Waals surface area contributed by atoms with Crippen molar-refractivity contribution in [3.8, 4) is 5.75 Å². The lowest BCUT2D eigenvalue weighted by Gasteiger charge is -2.40. The van der Waals surface area contributed by atoms with E-state index in [0.29, 0.717) is 11.5 Å². The summed E-state index contributed by atoms with van der Waals surface area (Å²) in [6.45, 7) is 0. The summed E-state index contributed by atoms with van der Waals surface area (Å²) in [4.78, 5) is 0. The fourth-order valence-corrected chi connectivity index (χ4v) is 3.03. The van der Waals surface area contributed by atoms with Crippen LogP contribution in [-0.4, -0.2) is 17.3 Å². The third-order valence-electron chi connectivity index (χ3n) is 3.89. The summed E-state index contributed by atoms with van der Waals surface area (Å²) in [7, 11) is 1.64. The lowest BCUT2D eigenvalue weighted by Crippen LogP contribution is -2.57. The molecule has 22 heavy (non-hydrogen) atoms. The molecule has 0 aliphatic carbocycles. The predicted octanol–water partition coefficient (Wildman–Crippen LogP) is 2.45. The van der Waals surface area contributed by atoms with Crippen LogP contribution in [0.1, 0.15) is 23.6 Å². The molecule has 1 fully saturated rings. The maximum Gasteiger partial charge on any atom is 0.169 e. The van der Waals surface area contributed by atoms with Crippen molar-refractivity contribution < 1.29 is 9.84 Å². The monoisotopic (exact) mass is 314 g/mol. The Morgan fingerprint density at radius 1 is 1.14 bits per heavy atom. The Kier molecular flexibility index (Phi) is 4.00. The van der Waals surface area contributed by atoms with Crippen LogP contribution in [0.5, 0.6) is 5.75 Å². The molecular formula is C17H18N2O2S. The van der Waals surface area contributed by atoms with Gasteiger partial charge in [-0.2, -0.15) is 0 Å². The Hall–Kier alpha value is -2.11. The summed E-state index contributed by atoms with van der Waals surface area (Å²) in [5.74, 6) is 0.804. The number of thiocarbonyl (C=S) groups is 1. The molecule has 0 unspecified atom stereocenters. The van der Waals surface area contributed by atoms with Crippen LogP contribution in [0.15, 0.2) is 54.6 Å². The van der Waals surface area contributed by atoms with Crippen LogP contribution >= 0.6 is 12.2 Å². The van der Waals surface area contributed by atoms with Gasteiger partial charge in [-0.3, -0.25) is 0 Å². The fourth-order valence-electron chi connectivity index (χ4n) is 2.72. The van der Waals surface area contributed by atoms with E-state index < -0.39 is 5.72 Å². The van der Waals surface area contributed by atoms with Crippen molar-refractivity contribution in [1.82, 2.24) is 10.6 Å². The third kappa shape index (κ3) is 2.91. The van der Waals surface area contributed by atoms with Gasteiger partial charge < -0.3 is 20.5 Å². The Morgan fingerprint density at radius 3 is 2.45 bits per heavy atom. The van der Waals surface area contributed by atoms with Gasteiger partial charge in [-0.15, -0.1) is 0 Å². The number of hydrogen-bond donors (Lipinski definition) is 3. The summed E-state index contributed by atoms with van der Waals surface area (Å²) < 4.78 is 5.18. The Balaban J connectivity index is 1.88. The van der Waals surface area contributed by atoms with Gasteiger partial charge in [0.2, 0.25) is 0 Å². The standard InChI is InChI=1S/C17H18N2O2S/c1-21-14-9-7-12(8-10-14)15-11-17(20,19-16(22)18-15)13-5-3-2-4-6-13/h2-10,15,20H,11H2,1H3,(H2,18,19,22)/t15-,17-/m1/s1. The summed E-state index contributed by atoms with van der Waals surface area (Å²) >= 11 is 5.27. The molecule has 0 saturated carbocycles. The first-order chi connectivity index (χ1) is 10.6. The van der Waals surface area contributed by atoms with Crippen molar-refractivity contribution in [3.63, 3.8) is 0 Å². The molecule has 0 amide bonds. The summed E-state index contributed by atoms with van der Waals surface area (Å²) in [5, 5.41) is 17.6. The first-order valence-electron chi connectivity index (χ1n) is 7.11. The Morgan fingerprint density at radius 2 is 1.82 bits per heavy atom. The molecule has 1 aliphatic rings. The van der Waals surface area contributed by atoms with E-state index in [4.69, 9.17) is 17.0 Å². The zero-order chi connectivity index (χ0) is 15.6. The topological polar surface area (TPSA) is 53.5 Å². The van der Waals surface area contributed by atoms with Crippen LogP contribution in [0.25, 0.3) is 0 Å². The highest BCUT2D eigenvalue weighted by Gasteiger charge is 2.38. The Bertz CT molecular complexity index is 660. The largest absolute Gasteiger partial charge is 0.497 e. The molecule has 2 aromatic carbocycles. The minimum atomic E-state index is -1.17. The Labute approximate surface area is 135 Å². The average molecular weight is 314 g/mol. The van der Waals surface area contributed by atoms with Crippen molar-refractivity contribution in [2.24, 2.45) is 0 Å². The summed E-state index contributed by atoms with van der Waals surface area (Å²) in [6, 6.07) is 17.2. The van der Waals surface area contributed by atoms with Crippen LogP contribution in [0.2, 0.25) is 0 Å². The van der Waals surface area contributed by atoms with Gasteiger partial charge in [0.05, 0.1) is 13.2 Å². The van der Waals surface area contributed by atoms with Crippen molar-refractivity contribution in [1.29, 1.82) is 0 Å². The van der Waals surface area contributed by atoms with Gasteiger partial charge in [0.1, 0.15) is 5.75 Å². The minimum absolute atomic E-state index is 0.0649. The van der Waals surface area contributed by atoms with E-state index in [-0.39, 0.29) is 6.04 Å². The molecule has 114 valence electrons. The molecule has 0 radical (unpaired) electrons. The number of nitrogens with one attached hydrogen (secondary N) is 2. The van der Waals surface area contributed by atoms with E-state index in [1.54, 1.807) is 7.11 Å². The van der Waals surface area contributed by atoms with E-state index in [2.05, 4.69) is 10.6 Å². The number of aliphatic hydroxyl groups is 1. The molecule has 1 aliphatic heterocycles. The lowest BCUT2D eigenvalue weighted by molar-refractivity contribution is -0.00668. The second-order valence-electron chi connectivity index (χ2n) is 5.35. The molecule has 0 spiro atoms. The van der Waals surface area contributed by atoms with Crippen LogP contribution in [0.3, 0.4) is 0 Å². The highest BCUT2D eigenvalue weighted by Crippen LogP contribution is 2.33. The molecule has 2 aromatic rings. The molecule has 0 bridgehead atoms. The fraction of sp³-hybridized carbons (Fsp3) is 0.235. The zero-order valence-corrected chi connectivity index (χ0v) is 13.1. The minimum Gasteiger partial charge on any atom is -0.497 e. The summed E-state index contributed by atoms with van der Waals surface area (Å²) in [6.07, 6.45) is 0.476. The number of rotatable bonds is 3. The smallest absolute Gasteiger partial charge is 0.169 e. The van der Waals surface area contributed by atoms with Crippen LogP contribution in [0, 0.1) is 0 Å². The van der Waals surface area contributed by atoms with E-state index in [9.17, 15) is 5.11 Å². The van der Waals surface area contributed by atoms with Crippen LogP contribution in [-0.2, 0) is 5.72 Å². The molecule has 3 rings (SSSR count). The second kappa shape index (κ2) is 5.94.